The number of nitrogens with one attached hydrogen (secondary N) is 1. The minimum atomic E-state index is -0.146. The fourth-order valence-electron chi connectivity index (χ4n) is 1.83. The molecule has 1 N–H and O–H groups in total. The average molecular weight is 262 g/mol. The summed E-state index contributed by atoms with van der Waals surface area (Å²) in [6.07, 6.45) is 1.03. The summed E-state index contributed by atoms with van der Waals surface area (Å²) in [5.41, 5.74) is 0.695. The van der Waals surface area contributed by atoms with Crippen LogP contribution in [0.15, 0.2) is 24.3 Å². The van der Waals surface area contributed by atoms with Crippen LogP contribution in [0, 0.1) is 0 Å². The summed E-state index contributed by atoms with van der Waals surface area (Å²) in [5.74, 6) is 0.457. The third-order valence-electron chi connectivity index (χ3n) is 3.08. The van der Waals surface area contributed by atoms with Crippen molar-refractivity contribution in [1.82, 2.24) is 5.32 Å². The Morgan fingerprint density at radius 3 is 2.95 bits per heavy atom. The van der Waals surface area contributed by atoms with E-state index in [1.165, 1.54) is 4.90 Å². The molecule has 1 saturated heterocycles. The number of nitrogens with zero attached hydrogens (tertiary/aromatic N) is 1. The smallest absolute Gasteiger partial charge is 0.246 e. The van der Waals surface area contributed by atoms with Crippen LogP contribution in [0.2, 0.25) is 0 Å². The van der Waals surface area contributed by atoms with Crippen molar-refractivity contribution < 1.29 is 14.3 Å². The molecule has 1 aromatic carbocycles. The normalized spacial score (nSPS) is 17.1. The maximum absolute atomic E-state index is 11.8. The second kappa shape index (κ2) is 5.73. The number of hydrogen-bond acceptors (Lipinski definition) is 3. The number of amides is 2. The third-order valence-corrected chi connectivity index (χ3v) is 3.08. The fourth-order valence-corrected chi connectivity index (χ4v) is 1.83. The van der Waals surface area contributed by atoms with Crippen molar-refractivity contribution in [2.24, 2.45) is 0 Å². The number of carbonyl (C=O) groups is 2. The van der Waals surface area contributed by atoms with Crippen molar-refractivity contribution in [3.63, 3.8) is 0 Å². The lowest BCUT2D eigenvalue weighted by Crippen LogP contribution is -2.51. The first kappa shape index (κ1) is 13.4. The lowest BCUT2D eigenvalue weighted by Gasteiger charge is -2.27. The number of hydrogen-bond donors (Lipinski definition) is 1. The van der Waals surface area contributed by atoms with Crippen LogP contribution in [-0.2, 0) is 9.59 Å². The van der Waals surface area contributed by atoms with Crippen LogP contribution in [0.1, 0.15) is 20.3 Å². The first-order valence-electron chi connectivity index (χ1n) is 6.44. The molecule has 1 fully saturated rings. The van der Waals surface area contributed by atoms with Crippen LogP contribution in [0.4, 0.5) is 5.69 Å². The van der Waals surface area contributed by atoms with E-state index in [2.05, 4.69) is 5.32 Å². The zero-order chi connectivity index (χ0) is 13.8. The van der Waals surface area contributed by atoms with Gasteiger partial charge in [0.2, 0.25) is 11.8 Å². The summed E-state index contributed by atoms with van der Waals surface area (Å²) in [6.45, 7) is 4.15. The highest BCUT2D eigenvalue weighted by Gasteiger charge is 2.24. The Hall–Kier alpha value is -2.04. The molecule has 1 heterocycles. The molecular weight excluding hydrogens is 244 g/mol. The minimum Gasteiger partial charge on any atom is -0.491 e. The van der Waals surface area contributed by atoms with Crippen molar-refractivity contribution in [2.45, 2.75) is 26.4 Å². The minimum absolute atomic E-state index is 0.0509. The molecule has 0 bridgehead atoms. The summed E-state index contributed by atoms with van der Waals surface area (Å²) in [6, 6.07) is 7.28. The molecule has 1 aliphatic rings. The highest BCUT2D eigenvalue weighted by atomic mass is 16.5. The predicted molar refractivity (Wildman–Crippen MR) is 72.2 cm³/mol. The van der Waals surface area contributed by atoms with Gasteiger partial charge in [-0.2, -0.15) is 0 Å². The monoisotopic (exact) mass is 262 g/mol. The SMILES string of the molecule is CCC(C)Oc1cccc(N2CC(=O)NCC2=O)c1. The highest BCUT2D eigenvalue weighted by molar-refractivity contribution is 6.04. The van der Waals surface area contributed by atoms with Crippen molar-refractivity contribution in [2.75, 3.05) is 18.0 Å². The quantitative estimate of drug-likeness (QED) is 0.890. The summed E-state index contributed by atoms with van der Waals surface area (Å²) in [7, 11) is 0. The summed E-state index contributed by atoms with van der Waals surface area (Å²) < 4.78 is 5.72. The zero-order valence-electron chi connectivity index (χ0n) is 11.2. The molecule has 1 unspecified atom stereocenters. The van der Waals surface area contributed by atoms with Gasteiger partial charge in [-0.1, -0.05) is 13.0 Å². The van der Waals surface area contributed by atoms with Gasteiger partial charge in [0.15, 0.2) is 0 Å². The number of carbonyl (C=O) groups excluding carboxylic acids is 2. The molecule has 2 amide bonds. The molecule has 0 radical (unpaired) electrons. The Morgan fingerprint density at radius 1 is 1.42 bits per heavy atom. The van der Waals surface area contributed by atoms with E-state index in [0.29, 0.717) is 11.4 Å². The molecule has 1 aromatic rings. The largest absolute Gasteiger partial charge is 0.491 e. The van der Waals surface area contributed by atoms with Crippen LogP contribution in [0.5, 0.6) is 5.75 Å². The predicted octanol–water partition coefficient (Wildman–Crippen LogP) is 1.33. The summed E-state index contributed by atoms with van der Waals surface area (Å²) >= 11 is 0. The van der Waals surface area contributed by atoms with Gasteiger partial charge in [0.1, 0.15) is 12.3 Å². The number of anilines is 1. The van der Waals surface area contributed by atoms with E-state index >= 15 is 0 Å². The van der Waals surface area contributed by atoms with E-state index in [-0.39, 0.29) is 31.0 Å². The second-order valence-electron chi connectivity index (χ2n) is 4.59. The molecule has 0 aliphatic carbocycles. The van der Waals surface area contributed by atoms with Gasteiger partial charge in [-0.3, -0.25) is 9.59 Å². The van der Waals surface area contributed by atoms with Crippen LogP contribution >= 0.6 is 0 Å². The highest BCUT2D eigenvalue weighted by Crippen LogP contribution is 2.23. The van der Waals surface area contributed by atoms with E-state index in [1.807, 2.05) is 26.0 Å². The van der Waals surface area contributed by atoms with Gasteiger partial charge < -0.3 is 15.0 Å². The van der Waals surface area contributed by atoms with Crippen LogP contribution < -0.4 is 15.0 Å². The lowest BCUT2D eigenvalue weighted by molar-refractivity contribution is -0.128. The first-order chi connectivity index (χ1) is 9.10. The van der Waals surface area contributed by atoms with Gasteiger partial charge in [-0.15, -0.1) is 0 Å². The molecule has 102 valence electrons. The molecule has 0 aromatic heterocycles. The molecule has 1 aliphatic heterocycles. The fraction of sp³-hybridized carbons (Fsp3) is 0.429. The number of benzene rings is 1. The third kappa shape index (κ3) is 3.24. The van der Waals surface area contributed by atoms with E-state index < -0.39 is 0 Å². The molecule has 2 rings (SSSR count). The van der Waals surface area contributed by atoms with Crippen molar-refractivity contribution in [3.8, 4) is 5.75 Å². The molecule has 0 spiro atoms. The Bertz CT molecular complexity index is 487. The number of ether oxygens (including phenoxy) is 1. The Morgan fingerprint density at radius 2 is 2.21 bits per heavy atom. The van der Waals surface area contributed by atoms with Gasteiger partial charge >= 0.3 is 0 Å². The van der Waals surface area contributed by atoms with Crippen molar-refractivity contribution in [1.29, 1.82) is 0 Å². The second-order valence-corrected chi connectivity index (χ2v) is 4.59. The van der Waals surface area contributed by atoms with Gasteiger partial charge in [0.05, 0.1) is 12.6 Å². The van der Waals surface area contributed by atoms with E-state index in [0.717, 1.165) is 6.42 Å². The van der Waals surface area contributed by atoms with Crippen molar-refractivity contribution >= 4 is 17.5 Å². The van der Waals surface area contributed by atoms with E-state index in [1.54, 1.807) is 12.1 Å². The van der Waals surface area contributed by atoms with Gasteiger partial charge in [0, 0.05) is 11.8 Å². The summed E-state index contributed by atoms with van der Waals surface area (Å²) in [5, 5.41) is 2.53. The maximum Gasteiger partial charge on any atom is 0.246 e. The number of rotatable bonds is 4. The summed E-state index contributed by atoms with van der Waals surface area (Å²) in [4.78, 5) is 24.6. The van der Waals surface area contributed by atoms with Crippen LogP contribution in [-0.4, -0.2) is 31.0 Å². The van der Waals surface area contributed by atoms with Crippen molar-refractivity contribution in [3.05, 3.63) is 24.3 Å². The van der Waals surface area contributed by atoms with E-state index in [9.17, 15) is 9.59 Å². The topological polar surface area (TPSA) is 58.6 Å². The van der Waals surface area contributed by atoms with Crippen LogP contribution in [0.3, 0.4) is 0 Å². The van der Waals surface area contributed by atoms with Gasteiger partial charge in [-0.25, -0.2) is 0 Å². The molecule has 5 heteroatoms. The zero-order valence-corrected chi connectivity index (χ0v) is 11.2. The standard InChI is InChI=1S/C14H18N2O3/c1-3-10(2)19-12-6-4-5-11(7-12)16-9-13(17)15-8-14(16)18/h4-7,10H,3,8-9H2,1-2H3,(H,15,17). The first-order valence-corrected chi connectivity index (χ1v) is 6.44. The maximum atomic E-state index is 11.8. The van der Waals surface area contributed by atoms with Crippen LogP contribution in [0.25, 0.3) is 0 Å². The molecular formula is C14H18N2O3. The molecule has 0 saturated carbocycles. The Labute approximate surface area is 112 Å². The van der Waals surface area contributed by atoms with E-state index in [4.69, 9.17) is 4.74 Å². The lowest BCUT2D eigenvalue weighted by atomic mass is 10.2. The Kier molecular flexibility index (Phi) is 4.04. The average Bonchev–Trinajstić information content (AvgIpc) is 2.41. The molecule has 19 heavy (non-hydrogen) atoms. The number of piperazine rings is 1. The van der Waals surface area contributed by atoms with Gasteiger partial charge in [0.25, 0.3) is 0 Å². The Balaban J connectivity index is 2.17. The molecule has 5 nitrogen and oxygen atoms in total. The molecule has 1 atom stereocenters. The van der Waals surface area contributed by atoms with Gasteiger partial charge in [-0.05, 0) is 25.5 Å².